The molecule has 1 atom stereocenters. The van der Waals surface area contributed by atoms with Gasteiger partial charge in [0.1, 0.15) is 0 Å². The van der Waals surface area contributed by atoms with E-state index in [0.717, 1.165) is 5.56 Å². The standard InChI is InChI=1S/C16H22N4O4S/c1-25(23,24)20-8-6-18(7-9-20)16(22)14-10-15(21)19(12-14)11-13-2-4-17-5-3-13/h2-5,14H,6-12H2,1H3/t14-/m0/s1. The summed E-state index contributed by atoms with van der Waals surface area (Å²) >= 11 is 0. The highest BCUT2D eigenvalue weighted by atomic mass is 32.2. The van der Waals surface area contributed by atoms with Gasteiger partial charge in [0.2, 0.25) is 21.8 Å². The molecule has 0 bridgehead atoms. The number of amides is 2. The maximum atomic E-state index is 12.7. The van der Waals surface area contributed by atoms with Gasteiger partial charge in [-0.1, -0.05) is 0 Å². The molecule has 0 saturated carbocycles. The molecule has 0 spiro atoms. The molecule has 9 heteroatoms. The molecule has 0 N–H and O–H groups in total. The molecule has 8 nitrogen and oxygen atoms in total. The summed E-state index contributed by atoms with van der Waals surface area (Å²) < 4.78 is 24.5. The first-order valence-corrected chi connectivity index (χ1v) is 10.1. The average molecular weight is 366 g/mol. The lowest BCUT2D eigenvalue weighted by molar-refractivity contribution is -0.137. The van der Waals surface area contributed by atoms with E-state index in [1.54, 1.807) is 22.2 Å². The summed E-state index contributed by atoms with van der Waals surface area (Å²) in [5.74, 6) is -0.428. The van der Waals surface area contributed by atoms with Crippen LogP contribution in [-0.2, 0) is 26.2 Å². The summed E-state index contributed by atoms with van der Waals surface area (Å²) in [6.45, 7) is 2.26. The molecule has 3 heterocycles. The van der Waals surface area contributed by atoms with Crippen molar-refractivity contribution in [3.05, 3.63) is 30.1 Å². The average Bonchev–Trinajstić information content (AvgIpc) is 2.95. The fraction of sp³-hybridized carbons (Fsp3) is 0.562. The number of likely N-dealkylation sites (tertiary alicyclic amines) is 1. The van der Waals surface area contributed by atoms with E-state index in [2.05, 4.69) is 4.98 Å². The van der Waals surface area contributed by atoms with Gasteiger partial charge in [-0.15, -0.1) is 0 Å². The summed E-state index contributed by atoms with van der Waals surface area (Å²) in [5.41, 5.74) is 0.984. The number of carbonyl (C=O) groups is 2. The Morgan fingerprint density at radius 1 is 1.20 bits per heavy atom. The Balaban J connectivity index is 1.56. The molecule has 2 saturated heterocycles. The molecular weight excluding hydrogens is 344 g/mol. The summed E-state index contributed by atoms with van der Waals surface area (Å²) in [7, 11) is -3.22. The van der Waals surface area contributed by atoms with E-state index in [0.29, 0.717) is 39.3 Å². The molecule has 3 rings (SSSR count). The zero-order valence-corrected chi connectivity index (χ0v) is 15.0. The molecule has 136 valence electrons. The Bertz CT molecular complexity index is 745. The van der Waals surface area contributed by atoms with Crippen LogP contribution in [0, 0.1) is 5.92 Å². The van der Waals surface area contributed by atoms with Crippen molar-refractivity contribution >= 4 is 21.8 Å². The maximum absolute atomic E-state index is 12.7. The lowest BCUT2D eigenvalue weighted by Crippen LogP contribution is -2.51. The molecule has 0 radical (unpaired) electrons. The quantitative estimate of drug-likeness (QED) is 0.719. The molecular formula is C16H22N4O4S. The van der Waals surface area contributed by atoms with E-state index in [-0.39, 0.29) is 24.2 Å². The van der Waals surface area contributed by atoms with Crippen LogP contribution in [0.3, 0.4) is 0 Å². The van der Waals surface area contributed by atoms with E-state index in [9.17, 15) is 18.0 Å². The molecule has 0 unspecified atom stereocenters. The molecule has 0 aromatic carbocycles. The zero-order chi connectivity index (χ0) is 18.0. The second kappa shape index (κ2) is 7.09. The number of pyridine rings is 1. The topological polar surface area (TPSA) is 90.9 Å². The Labute approximate surface area is 147 Å². The maximum Gasteiger partial charge on any atom is 0.228 e. The van der Waals surface area contributed by atoms with Crippen molar-refractivity contribution in [3.8, 4) is 0 Å². The Morgan fingerprint density at radius 2 is 1.84 bits per heavy atom. The van der Waals surface area contributed by atoms with Crippen molar-refractivity contribution in [2.24, 2.45) is 5.92 Å². The van der Waals surface area contributed by atoms with Gasteiger partial charge < -0.3 is 9.80 Å². The van der Waals surface area contributed by atoms with Crippen molar-refractivity contribution in [1.29, 1.82) is 0 Å². The highest BCUT2D eigenvalue weighted by Gasteiger charge is 2.37. The zero-order valence-electron chi connectivity index (χ0n) is 14.2. The third-order valence-corrected chi connectivity index (χ3v) is 6.01. The minimum Gasteiger partial charge on any atom is -0.340 e. The van der Waals surface area contributed by atoms with Crippen LogP contribution in [0.4, 0.5) is 0 Å². The van der Waals surface area contributed by atoms with E-state index in [4.69, 9.17) is 0 Å². The third kappa shape index (κ3) is 4.16. The third-order valence-electron chi connectivity index (χ3n) is 4.71. The molecule has 2 fully saturated rings. The second-order valence-corrected chi connectivity index (χ2v) is 8.50. The first kappa shape index (κ1) is 17.8. The number of hydrogen-bond donors (Lipinski definition) is 0. The minimum atomic E-state index is -3.22. The van der Waals surface area contributed by atoms with Crippen LogP contribution in [0.1, 0.15) is 12.0 Å². The van der Waals surface area contributed by atoms with E-state index in [1.165, 1.54) is 10.6 Å². The van der Waals surface area contributed by atoms with Crippen molar-refractivity contribution < 1.29 is 18.0 Å². The summed E-state index contributed by atoms with van der Waals surface area (Å²) in [4.78, 5) is 32.2. The normalized spacial score (nSPS) is 22.4. The number of hydrogen-bond acceptors (Lipinski definition) is 5. The lowest BCUT2D eigenvalue weighted by Gasteiger charge is -2.34. The molecule has 0 aliphatic carbocycles. The predicted molar refractivity (Wildman–Crippen MR) is 90.8 cm³/mol. The Kier molecular flexibility index (Phi) is 5.05. The second-order valence-electron chi connectivity index (χ2n) is 6.52. The Hall–Kier alpha value is -2.00. The van der Waals surface area contributed by atoms with Crippen LogP contribution in [0.2, 0.25) is 0 Å². The molecule has 1 aromatic rings. The van der Waals surface area contributed by atoms with Gasteiger partial charge in [0.25, 0.3) is 0 Å². The van der Waals surface area contributed by atoms with Crippen molar-refractivity contribution in [3.63, 3.8) is 0 Å². The number of aromatic nitrogens is 1. The van der Waals surface area contributed by atoms with Gasteiger partial charge in [-0.25, -0.2) is 8.42 Å². The number of carbonyl (C=O) groups excluding carboxylic acids is 2. The van der Waals surface area contributed by atoms with Gasteiger partial charge in [0.15, 0.2) is 0 Å². The summed E-state index contributed by atoms with van der Waals surface area (Å²) in [5, 5.41) is 0. The molecule has 25 heavy (non-hydrogen) atoms. The van der Waals surface area contributed by atoms with Crippen LogP contribution < -0.4 is 0 Å². The molecule has 2 aliphatic rings. The van der Waals surface area contributed by atoms with Crippen molar-refractivity contribution in [2.45, 2.75) is 13.0 Å². The van der Waals surface area contributed by atoms with Crippen molar-refractivity contribution in [1.82, 2.24) is 19.1 Å². The van der Waals surface area contributed by atoms with Gasteiger partial charge in [-0.05, 0) is 17.7 Å². The van der Waals surface area contributed by atoms with Crippen LogP contribution in [0.5, 0.6) is 0 Å². The van der Waals surface area contributed by atoms with E-state index < -0.39 is 10.0 Å². The van der Waals surface area contributed by atoms with Gasteiger partial charge in [-0.2, -0.15) is 4.31 Å². The first-order chi connectivity index (χ1) is 11.8. The van der Waals surface area contributed by atoms with Gasteiger partial charge in [0, 0.05) is 58.1 Å². The van der Waals surface area contributed by atoms with E-state index in [1.807, 2.05) is 12.1 Å². The smallest absolute Gasteiger partial charge is 0.228 e. The first-order valence-electron chi connectivity index (χ1n) is 8.25. The molecule has 1 aromatic heterocycles. The monoisotopic (exact) mass is 366 g/mol. The van der Waals surface area contributed by atoms with Crippen LogP contribution in [-0.4, -0.2) is 78.3 Å². The highest BCUT2D eigenvalue weighted by molar-refractivity contribution is 7.88. The van der Waals surface area contributed by atoms with Gasteiger partial charge in [0.05, 0.1) is 12.2 Å². The predicted octanol–water partition coefficient (Wildman–Crippen LogP) is -0.466. The Morgan fingerprint density at radius 3 is 2.44 bits per heavy atom. The van der Waals surface area contributed by atoms with Crippen LogP contribution in [0.25, 0.3) is 0 Å². The highest BCUT2D eigenvalue weighted by Crippen LogP contribution is 2.23. The summed E-state index contributed by atoms with van der Waals surface area (Å²) in [6, 6.07) is 3.71. The number of sulfonamides is 1. The molecule has 2 aliphatic heterocycles. The van der Waals surface area contributed by atoms with E-state index >= 15 is 0 Å². The summed E-state index contributed by atoms with van der Waals surface area (Å²) in [6.07, 6.45) is 4.76. The number of piperazine rings is 1. The van der Waals surface area contributed by atoms with Gasteiger partial charge in [-0.3, -0.25) is 14.6 Å². The fourth-order valence-electron chi connectivity index (χ4n) is 3.30. The van der Waals surface area contributed by atoms with Crippen molar-refractivity contribution in [2.75, 3.05) is 39.0 Å². The van der Waals surface area contributed by atoms with Gasteiger partial charge >= 0.3 is 0 Å². The molecule has 2 amide bonds. The fourth-order valence-corrected chi connectivity index (χ4v) is 4.12. The van der Waals surface area contributed by atoms with Crippen LogP contribution in [0.15, 0.2) is 24.5 Å². The minimum absolute atomic E-state index is 0.0232. The number of rotatable bonds is 4. The number of nitrogens with zero attached hydrogens (tertiary/aromatic N) is 4. The van der Waals surface area contributed by atoms with Crippen LogP contribution >= 0.6 is 0 Å². The largest absolute Gasteiger partial charge is 0.340 e. The SMILES string of the molecule is CS(=O)(=O)N1CCN(C(=O)[C@H]2CC(=O)N(Cc3ccncc3)C2)CC1. The lowest BCUT2D eigenvalue weighted by atomic mass is 10.1.